The lowest BCUT2D eigenvalue weighted by atomic mass is 9.97. The van der Waals surface area contributed by atoms with Crippen molar-refractivity contribution < 1.29 is 9.59 Å². The van der Waals surface area contributed by atoms with Crippen LogP contribution in [0.2, 0.25) is 0 Å². The number of halogens is 1. The van der Waals surface area contributed by atoms with Gasteiger partial charge in [0.25, 0.3) is 5.91 Å². The first-order valence-corrected chi connectivity index (χ1v) is 10.2. The Morgan fingerprint density at radius 1 is 1.32 bits per heavy atom. The van der Waals surface area contributed by atoms with Crippen LogP contribution >= 0.6 is 12.4 Å². The molecular formula is C19H33ClN6O2. The molecule has 0 aliphatic carbocycles. The van der Waals surface area contributed by atoms with Gasteiger partial charge in [0.05, 0.1) is 12.2 Å². The molecule has 2 aliphatic heterocycles. The molecular weight excluding hydrogens is 380 g/mol. The fourth-order valence-corrected chi connectivity index (χ4v) is 3.75. The Bertz CT molecular complexity index is 644. The van der Waals surface area contributed by atoms with Gasteiger partial charge in [0, 0.05) is 26.2 Å². The van der Waals surface area contributed by atoms with E-state index in [1.54, 1.807) is 10.9 Å². The molecule has 0 radical (unpaired) electrons. The normalized spacial score (nSPS) is 22.2. The first kappa shape index (κ1) is 22.6. The van der Waals surface area contributed by atoms with Gasteiger partial charge in [-0.15, -0.1) is 17.5 Å². The van der Waals surface area contributed by atoms with Gasteiger partial charge in [0.2, 0.25) is 5.91 Å². The summed E-state index contributed by atoms with van der Waals surface area (Å²) in [6, 6.07) is -0.0489. The second-order valence-corrected chi connectivity index (χ2v) is 8.20. The number of carbonyl (C=O) groups excluding carboxylic acids is 2. The van der Waals surface area contributed by atoms with Crippen LogP contribution in [0.1, 0.15) is 56.4 Å². The van der Waals surface area contributed by atoms with Crippen molar-refractivity contribution in [2.45, 2.75) is 58.5 Å². The molecule has 2 amide bonds. The van der Waals surface area contributed by atoms with E-state index in [-0.39, 0.29) is 30.3 Å². The minimum absolute atomic E-state index is 0. The van der Waals surface area contributed by atoms with Crippen LogP contribution in [0.15, 0.2) is 6.20 Å². The minimum atomic E-state index is -0.0562. The molecule has 2 aliphatic rings. The van der Waals surface area contributed by atoms with E-state index in [0.717, 1.165) is 51.7 Å². The average Bonchev–Trinajstić information content (AvgIpc) is 3.36. The van der Waals surface area contributed by atoms with Gasteiger partial charge in [-0.3, -0.25) is 14.3 Å². The summed E-state index contributed by atoms with van der Waals surface area (Å²) >= 11 is 0. The maximum atomic E-state index is 12.8. The number of rotatable bonds is 7. The number of aryl methyl sites for hydroxylation is 1. The Morgan fingerprint density at radius 2 is 2.14 bits per heavy atom. The Kier molecular flexibility index (Phi) is 8.69. The zero-order chi connectivity index (χ0) is 19.2. The van der Waals surface area contributed by atoms with Crippen LogP contribution in [-0.4, -0.2) is 63.9 Å². The number of amides is 2. The van der Waals surface area contributed by atoms with Gasteiger partial charge >= 0.3 is 0 Å². The molecule has 8 nitrogen and oxygen atoms in total. The second-order valence-electron chi connectivity index (χ2n) is 8.20. The van der Waals surface area contributed by atoms with Crippen molar-refractivity contribution in [3.8, 4) is 0 Å². The highest BCUT2D eigenvalue weighted by Crippen LogP contribution is 2.18. The zero-order valence-electron chi connectivity index (χ0n) is 16.9. The number of hydrogen-bond acceptors (Lipinski definition) is 5. The number of hydrogen-bond donors (Lipinski definition) is 2. The second kappa shape index (κ2) is 10.8. The van der Waals surface area contributed by atoms with Crippen LogP contribution in [0, 0.1) is 11.8 Å². The van der Waals surface area contributed by atoms with E-state index in [9.17, 15) is 9.59 Å². The standard InChI is InChI=1S/C19H32N6O2.ClH/c1-14(2)7-10-25-13-17(22-23-25)19(27)24-9-4-5-15(12-24)11-21-18(26)16-6-3-8-20-16;/h13-16,20H,3-12H2,1-2H3,(H,21,26);1H. The Balaban J connectivity index is 0.00000280. The number of nitrogens with one attached hydrogen (secondary N) is 2. The number of carbonyl (C=O) groups is 2. The third kappa shape index (κ3) is 6.17. The lowest BCUT2D eigenvalue weighted by Gasteiger charge is -2.32. The van der Waals surface area contributed by atoms with Crippen LogP contribution in [0.25, 0.3) is 0 Å². The summed E-state index contributed by atoms with van der Waals surface area (Å²) in [6.07, 6.45) is 6.72. The van der Waals surface area contributed by atoms with Crippen molar-refractivity contribution >= 4 is 24.2 Å². The average molecular weight is 413 g/mol. The van der Waals surface area contributed by atoms with Gasteiger partial charge in [-0.25, -0.2) is 0 Å². The fraction of sp³-hybridized carbons (Fsp3) is 0.789. The van der Waals surface area contributed by atoms with Crippen LogP contribution < -0.4 is 10.6 Å². The summed E-state index contributed by atoms with van der Waals surface area (Å²) in [4.78, 5) is 26.8. The summed E-state index contributed by atoms with van der Waals surface area (Å²) in [6.45, 7) is 8.06. The molecule has 9 heteroatoms. The Labute approximate surface area is 173 Å². The molecule has 0 saturated carbocycles. The molecule has 1 aromatic rings. The Hall–Kier alpha value is -1.67. The minimum Gasteiger partial charge on any atom is -0.354 e. The molecule has 28 heavy (non-hydrogen) atoms. The smallest absolute Gasteiger partial charge is 0.276 e. The van der Waals surface area contributed by atoms with Crippen LogP contribution in [0.3, 0.4) is 0 Å². The molecule has 0 bridgehead atoms. The van der Waals surface area contributed by atoms with E-state index >= 15 is 0 Å². The number of aromatic nitrogens is 3. The highest BCUT2D eigenvalue weighted by Gasteiger charge is 2.28. The summed E-state index contributed by atoms with van der Waals surface area (Å²) < 4.78 is 1.75. The summed E-state index contributed by atoms with van der Waals surface area (Å²) in [5.41, 5.74) is 0.415. The predicted octanol–water partition coefficient (Wildman–Crippen LogP) is 1.47. The maximum Gasteiger partial charge on any atom is 0.276 e. The maximum absolute atomic E-state index is 12.8. The van der Waals surface area contributed by atoms with Gasteiger partial charge in [-0.05, 0) is 50.5 Å². The van der Waals surface area contributed by atoms with E-state index in [1.807, 2.05) is 4.90 Å². The van der Waals surface area contributed by atoms with Crippen LogP contribution in [0.4, 0.5) is 0 Å². The van der Waals surface area contributed by atoms with E-state index in [1.165, 1.54) is 0 Å². The van der Waals surface area contributed by atoms with Crippen molar-refractivity contribution in [1.82, 2.24) is 30.5 Å². The number of nitrogens with zero attached hydrogens (tertiary/aromatic N) is 4. The molecule has 2 saturated heterocycles. The zero-order valence-corrected chi connectivity index (χ0v) is 17.7. The first-order chi connectivity index (χ1) is 13.0. The van der Waals surface area contributed by atoms with Crippen molar-refractivity contribution in [1.29, 1.82) is 0 Å². The first-order valence-electron chi connectivity index (χ1n) is 10.2. The van der Waals surface area contributed by atoms with E-state index < -0.39 is 0 Å². The molecule has 0 aromatic carbocycles. The molecule has 2 fully saturated rings. The molecule has 158 valence electrons. The highest BCUT2D eigenvalue weighted by molar-refractivity contribution is 5.92. The summed E-state index contributed by atoms with van der Waals surface area (Å²) in [5, 5.41) is 14.4. The monoisotopic (exact) mass is 412 g/mol. The molecule has 2 unspecified atom stereocenters. The van der Waals surface area contributed by atoms with Crippen LogP contribution in [-0.2, 0) is 11.3 Å². The van der Waals surface area contributed by atoms with Crippen molar-refractivity contribution in [2.24, 2.45) is 11.8 Å². The quantitative estimate of drug-likeness (QED) is 0.707. The van der Waals surface area contributed by atoms with Crippen molar-refractivity contribution in [2.75, 3.05) is 26.2 Å². The summed E-state index contributed by atoms with van der Waals surface area (Å²) in [5.74, 6) is 0.915. The Morgan fingerprint density at radius 3 is 2.86 bits per heavy atom. The number of piperidine rings is 1. The van der Waals surface area contributed by atoms with Crippen molar-refractivity contribution in [3.05, 3.63) is 11.9 Å². The largest absolute Gasteiger partial charge is 0.354 e. The fourth-order valence-electron chi connectivity index (χ4n) is 3.75. The van der Waals surface area contributed by atoms with E-state index in [0.29, 0.717) is 30.6 Å². The van der Waals surface area contributed by atoms with Gasteiger partial charge < -0.3 is 15.5 Å². The van der Waals surface area contributed by atoms with Crippen molar-refractivity contribution in [3.63, 3.8) is 0 Å². The molecule has 3 heterocycles. The lowest BCUT2D eigenvalue weighted by molar-refractivity contribution is -0.123. The van der Waals surface area contributed by atoms with E-state index in [4.69, 9.17) is 0 Å². The molecule has 3 rings (SSSR count). The number of likely N-dealkylation sites (tertiary alicyclic amines) is 1. The summed E-state index contributed by atoms with van der Waals surface area (Å²) in [7, 11) is 0. The molecule has 1 aromatic heterocycles. The van der Waals surface area contributed by atoms with Gasteiger partial charge in [-0.1, -0.05) is 19.1 Å². The molecule has 2 atom stereocenters. The van der Waals surface area contributed by atoms with Gasteiger partial charge in [0.1, 0.15) is 0 Å². The van der Waals surface area contributed by atoms with E-state index in [2.05, 4.69) is 34.8 Å². The third-order valence-electron chi connectivity index (χ3n) is 5.44. The topological polar surface area (TPSA) is 92.2 Å². The molecule has 0 spiro atoms. The van der Waals surface area contributed by atoms with Gasteiger partial charge in [0.15, 0.2) is 5.69 Å². The SMILES string of the molecule is CC(C)CCn1cc(C(=O)N2CCCC(CNC(=O)C3CCCN3)C2)nn1.Cl. The third-order valence-corrected chi connectivity index (χ3v) is 5.44. The van der Waals surface area contributed by atoms with Gasteiger partial charge in [-0.2, -0.15) is 0 Å². The van der Waals surface area contributed by atoms with Crippen LogP contribution in [0.5, 0.6) is 0 Å². The lowest BCUT2D eigenvalue weighted by Crippen LogP contribution is -2.46. The molecule has 2 N–H and O–H groups in total. The highest BCUT2D eigenvalue weighted by atomic mass is 35.5. The predicted molar refractivity (Wildman–Crippen MR) is 109 cm³/mol.